The molecule has 1 heterocycles. The summed E-state index contributed by atoms with van der Waals surface area (Å²) in [7, 11) is 0. The largest absolute Gasteiger partial charge is 0.494 e. The van der Waals surface area contributed by atoms with Gasteiger partial charge in [-0.2, -0.15) is 0 Å². The van der Waals surface area contributed by atoms with Gasteiger partial charge in [-0.15, -0.1) is 0 Å². The second-order valence-electron chi connectivity index (χ2n) is 5.16. The van der Waals surface area contributed by atoms with Crippen LogP contribution in [0.25, 0.3) is 6.08 Å². The standard InChI is InChI=1S/C19H17NO3/c1-2-12-22-16-10-8-14(9-11-16)13-17-18(20-23-19(17)21)15-6-4-3-5-7-15/h3-11,13H,2,12H2,1H3/b17-13-. The molecule has 1 aliphatic heterocycles. The molecule has 0 spiro atoms. The molecule has 3 rings (SSSR count). The number of oxime groups is 1. The maximum absolute atomic E-state index is 11.9. The Balaban J connectivity index is 1.85. The first-order chi connectivity index (χ1) is 11.3. The van der Waals surface area contributed by atoms with Crippen molar-refractivity contribution in [2.45, 2.75) is 13.3 Å². The van der Waals surface area contributed by atoms with Crippen LogP contribution in [0.2, 0.25) is 0 Å². The fourth-order valence-electron chi connectivity index (χ4n) is 2.26. The van der Waals surface area contributed by atoms with Crippen LogP contribution >= 0.6 is 0 Å². The first-order valence-corrected chi connectivity index (χ1v) is 7.57. The van der Waals surface area contributed by atoms with Gasteiger partial charge in [0.05, 0.1) is 12.2 Å². The van der Waals surface area contributed by atoms with Gasteiger partial charge in [-0.1, -0.05) is 54.5 Å². The number of ether oxygens (including phenoxy) is 1. The van der Waals surface area contributed by atoms with Crippen molar-refractivity contribution in [3.63, 3.8) is 0 Å². The SMILES string of the molecule is CCCOc1ccc(/C=C2\C(=O)ON=C2c2ccccc2)cc1. The molecule has 4 heteroatoms. The van der Waals surface area contributed by atoms with Gasteiger partial charge in [0.25, 0.3) is 0 Å². The second-order valence-corrected chi connectivity index (χ2v) is 5.16. The van der Waals surface area contributed by atoms with Crippen molar-refractivity contribution in [2.75, 3.05) is 6.61 Å². The second kappa shape index (κ2) is 6.92. The third-order valence-corrected chi connectivity index (χ3v) is 3.41. The Labute approximate surface area is 135 Å². The van der Waals surface area contributed by atoms with E-state index in [1.165, 1.54) is 0 Å². The topological polar surface area (TPSA) is 47.9 Å². The molecule has 0 radical (unpaired) electrons. The Morgan fingerprint density at radius 3 is 2.52 bits per heavy atom. The zero-order valence-corrected chi connectivity index (χ0v) is 12.9. The van der Waals surface area contributed by atoms with Crippen LogP contribution < -0.4 is 4.74 Å². The molecule has 0 saturated carbocycles. The summed E-state index contributed by atoms with van der Waals surface area (Å²) in [4.78, 5) is 16.8. The van der Waals surface area contributed by atoms with Crippen LogP contribution in [0.5, 0.6) is 5.75 Å². The van der Waals surface area contributed by atoms with Crippen LogP contribution in [0.4, 0.5) is 0 Å². The van der Waals surface area contributed by atoms with E-state index in [9.17, 15) is 4.79 Å². The van der Waals surface area contributed by atoms with Crippen LogP contribution in [0, 0.1) is 0 Å². The molecule has 0 amide bonds. The van der Waals surface area contributed by atoms with Crippen molar-refractivity contribution in [3.8, 4) is 5.75 Å². The predicted octanol–water partition coefficient (Wildman–Crippen LogP) is 3.82. The van der Waals surface area contributed by atoms with Crippen molar-refractivity contribution in [1.82, 2.24) is 0 Å². The predicted molar refractivity (Wildman–Crippen MR) is 89.3 cm³/mol. The monoisotopic (exact) mass is 307 g/mol. The summed E-state index contributed by atoms with van der Waals surface area (Å²) in [6.45, 7) is 2.76. The first-order valence-electron chi connectivity index (χ1n) is 7.57. The summed E-state index contributed by atoms with van der Waals surface area (Å²) in [5.41, 5.74) is 2.76. The molecule has 23 heavy (non-hydrogen) atoms. The molecular formula is C19H17NO3. The van der Waals surface area contributed by atoms with Gasteiger partial charge in [-0.05, 0) is 30.2 Å². The fraction of sp³-hybridized carbons (Fsp3) is 0.158. The number of benzene rings is 2. The quantitative estimate of drug-likeness (QED) is 0.623. The van der Waals surface area contributed by atoms with E-state index in [1.54, 1.807) is 6.08 Å². The summed E-state index contributed by atoms with van der Waals surface area (Å²) in [6, 6.07) is 17.1. The summed E-state index contributed by atoms with van der Waals surface area (Å²) in [6.07, 6.45) is 2.75. The lowest BCUT2D eigenvalue weighted by atomic mass is 10.0. The summed E-state index contributed by atoms with van der Waals surface area (Å²) < 4.78 is 5.56. The molecule has 4 nitrogen and oxygen atoms in total. The van der Waals surface area contributed by atoms with Gasteiger partial charge in [0.2, 0.25) is 0 Å². The molecule has 0 aliphatic carbocycles. The van der Waals surface area contributed by atoms with Gasteiger partial charge < -0.3 is 9.57 Å². The lowest BCUT2D eigenvalue weighted by molar-refractivity contribution is -0.136. The van der Waals surface area contributed by atoms with Crippen molar-refractivity contribution >= 4 is 17.8 Å². The normalized spacial score (nSPS) is 15.4. The van der Waals surface area contributed by atoms with Crippen molar-refractivity contribution in [3.05, 3.63) is 71.3 Å². The molecule has 0 fully saturated rings. The molecule has 0 bridgehead atoms. The molecular weight excluding hydrogens is 290 g/mol. The number of hydrogen-bond donors (Lipinski definition) is 0. The van der Waals surface area contributed by atoms with Crippen LogP contribution in [0.15, 0.2) is 65.3 Å². The van der Waals surface area contributed by atoms with E-state index in [1.807, 2.05) is 54.6 Å². The van der Waals surface area contributed by atoms with Gasteiger partial charge in [0, 0.05) is 5.56 Å². The van der Waals surface area contributed by atoms with Crippen LogP contribution in [0.1, 0.15) is 24.5 Å². The molecule has 2 aromatic carbocycles. The van der Waals surface area contributed by atoms with Gasteiger partial charge in [-0.25, -0.2) is 4.79 Å². The zero-order chi connectivity index (χ0) is 16.1. The fourth-order valence-corrected chi connectivity index (χ4v) is 2.26. The van der Waals surface area contributed by atoms with Crippen LogP contribution in [-0.4, -0.2) is 18.3 Å². The minimum Gasteiger partial charge on any atom is -0.494 e. The van der Waals surface area contributed by atoms with Crippen molar-refractivity contribution in [1.29, 1.82) is 0 Å². The summed E-state index contributed by atoms with van der Waals surface area (Å²) in [5, 5.41) is 3.90. The average molecular weight is 307 g/mol. The Hall–Kier alpha value is -2.88. The van der Waals surface area contributed by atoms with E-state index >= 15 is 0 Å². The Kier molecular flexibility index (Phi) is 4.52. The molecule has 0 atom stereocenters. The molecule has 0 unspecified atom stereocenters. The third kappa shape index (κ3) is 3.48. The number of carbonyl (C=O) groups is 1. The lowest BCUT2D eigenvalue weighted by Gasteiger charge is -2.04. The van der Waals surface area contributed by atoms with E-state index < -0.39 is 5.97 Å². The van der Waals surface area contributed by atoms with Crippen molar-refractivity contribution in [2.24, 2.45) is 5.16 Å². The number of carbonyl (C=O) groups excluding carboxylic acids is 1. The Morgan fingerprint density at radius 1 is 1.09 bits per heavy atom. The highest BCUT2D eigenvalue weighted by molar-refractivity contribution is 6.31. The molecule has 1 aliphatic rings. The highest BCUT2D eigenvalue weighted by Gasteiger charge is 2.26. The van der Waals surface area contributed by atoms with Gasteiger partial charge >= 0.3 is 5.97 Å². The Morgan fingerprint density at radius 2 is 1.83 bits per heavy atom. The minimum absolute atomic E-state index is 0.435. The molecule has 0 aromatic heterocycles. The van der Waals surface area contributed by atoms with Gasteiger partial charge in [-0.3, -0.25) is 0 Å². The summed E-state index contributed by atoms with van der Waals surface area (Å²) in [5.74, 6) is 0.384. The van der Waals surface area contributed by atoms with Crippen LogP contribution in [0.3, 0.4) is 0 Å². The highest BCUT2D eigenvalue weighted by Crippen LogP contribution is 2.22. The van der Waals surface area contributed by atoms with E-state index in [0.29, 0.717) is 17.9 Å². The highest BCUT2D eigenvalue weighted by atomic mass is 16.7. The van der Waals surface area contributed by atoms with Crippen LogP contribution in [-0.2, 0) is 9.63 Å². The molecule has 2 aromatic rings. The number of hydrogen-bond acceptors (Lipinski definition) is 4. The number of nitrogens with zero attached hydrogens (tertiary/aromatic N) is 1. The lowest BCUT2D eigenvalue weighted by Crippen LogP contribution is -2.06. The van der Waals surface area contributed by atoms with E-state index in [-0.39, 0.29) is 0 Å². The van der Waals surface area contributed by atoms with Gasteiger partial charge in [0.15, 0.2) is 0 Å². The molecule has 116 valence electrons. The molecule has 0 N–H and O–H groups in total. The van der Waals surface area contributed by atoms with E-state index in [2.05, 4.69) is 12.1 Å². The summed E-state index contributed by atoms with van der Waals surface area (Å²) >= 11 is 0. The average Bonchev–Trinajstić information content (AvgIpc) is 2.96. The smallest absolute Gasteiger partial charge is 0.368 e. The molecule has 0 saturated heterocycles. The first kappa shape index (κ1) is 15.0. The maximum atomic E-state index is 11.9. The Bertz CT molecular complexity index is 746. The van der Waals surface area contributed by atoms with Gasteiger partial charge in [0.1, 0.15) is 11.5 Å². The zero-order valence-electron chi connectivity index (χ0n) is 12.9. The van der Waals surface area contributed by atoms with E-state index in [0.717, 1.165) is 23.3 Å². The van der Waals surface area contributed by atoms with E-state index in [4.69, 9.17) is 9.57 Å². The minimum atomic E-state index is -0.435. The number of rotatable bonds is 5. The maximum Gasteiger partial charge on any atom is 0.368 e. The van der Waals surface area contributed by atoms with Crippen molar-refractivity contribution < 1.29 is 14.4 Å². The third-order valence-electron chi connectivity index (χ3n) is 3.41.